The van der Waals surface area contributed by atoms with E-state index in [1.807, 2.05) is 30.3 Å². The van der Waals surface area contributed by atoms with Crippen LogP contribution in [0.2, 0.25) is 0 Å². The van der Waals surface area contributed by atoms with Crippen molar-refractivity contribution in [3.8, 4) is 6.07 Å². The van der Waals surface area contributed by atoms with E-state index in [0.717, 1.165) is 42.1 Å². The SMILES string of the molecule is N#Cc1ccc(NCCCc2nc3ccccc3[nH]2)nc1. The van der Waals surface area contributed by atoms with Gasteiger partial charge in [-0.3, -0.25) is 0 Å². The number of benzene rings is 1. The second-order valence-corrected chi connectivity index (χ2v) is 4.77. The third-order valence-corrected chi connectivity index (χ3v) is 3.23. The Bertz CT molecular complexity index is 734. The van der Waals surface area contributed by atoms with Gasteiger partial charge >= 0.3 is 0 Å². The van der Waals surface area contributed by atoms with Gasteiger partial charge in [0.15, 0.2) is 0 Å². The van der Waals surface area contributed by atoms with Gasteiger partial charge in [-0.1, -0.05) is 12.1 Å². The van der Waals surface area contributed by atoms with Crippen LogP contribution in [0, 0.1) is 11.3 Å². The number of fused-ring (bicyclic) bond motifs is 1. The number of nitrogens with one attached hydrogen (secondary N) is 2. The molecule has 2 aromatic heterocycles. The van der Waals surface area contributed by atoms with Crippen molar-refractivity contribution in [2.45, 2.75) is 12.8 Å². The third-order valence-electron chi connectivity index (χ3n) is 3.23. The number of aryl methyl sites for hydroxylation is 1. The van der Waals surface area contributed by atoms with Crippen molar-refractivity contribution in [1.82, 2.24) is 15.0 Å². The van der Waals surface area contributed by atoms with E-state index in [-0.39, 0.29) is 0 Å². The molecule has 3 aromatic rings. The fourth-order valence-corrected chi connectivity index (χ4v) is 2.16. The Morgan fingerprint density at radius 2 is 2.10 bits per heavy atom. The summed E-state index contributed by atoms with van der Waals surface area (Å²) in [5.41, 5.74) is 2.66. The molecule has 0 unspecified atom stereocenters. The third kappa shape index (κ3) is 3.18. The highest BCUT2D eigenvalue weighted by molar-refractivity contribution is 5.74. The smallest absolute Gasteiger partial charge is 0.125 e. The van der Waals surface area contributed by atoms with Crippen molar-refractivity contribution in [2.24, 2.45) is 0 Å². The molecule has 0 saturated heterocycles. The molecule has 0 atom stereocenters. The summed E-state index contributed by atoms with van der Waals surface area (Å²) in [4.78, 5) is 12.0. The van der Waals surface area contributed by atoms with Gasteiger partial charge in [0.1, 0.15) is 17.7 Å². The molecular weight excluding hydrogens is 262 g/mol. The van der Waals surface area contributed by atoms with Gasteiger partial charge < -0.3 is 10.3 Å². The quantitative estimate of drug-likeness (QED) is 0.703. The highest BCUT2D eigenvalue weighted by atomic mass is 15.0. The Hall–Kier alpha value is -2.87. The molecule has 0 aliphatic rings. The minimum absolute atomic E-state index is 0.572. The molecule has 0 spiro atoms. The van der Waals surface area contributed by atoms with Gasteiger partial charge in [0, 0.05) is 19.2 Å². The zero-order chi connectivity index (χ0) is 14.5. The van der Waals surface area contributed by atoms with Gasteiger partial charge in [0.2, 0.25) is 0 Å². The van der Waals surface area contributed by atoms with Gasteiger partial charge in [0.25, 0.3) is 0 Å². The van der Waals surface area contributed by atoms with E-state index in [2.05, 4.69) is 26.3 Å². The Labute approximate surface area is 122 Å². The molecule has 0 fully saturated rings. The second kappa shape index (κ2) is 6.06. The standard InChI is InChI=1S/C16H15N5/c17-10-12-7-8-15(19-11-12)18-9-3-6-16-20-13-4-1-2-5-14(13)21-16/h1-2,4-5,7-8,11H,3,6,9H2,(H,18,19)(H,20,21). The van der Waals surface area contributed by atoms with Crippen molar-refractivity contribution in [3.05, 3.63) is 54.0 Å². The monoisotopic (exact) mass is 277 g/mol. The zero-order valence-electron chi connectivity index (χ0n) is 11.5. The normalized spacial score (nSPS) is 10.4. The highest BCUT2D eigenvalue weighted by Crippen LogP contribution is 2.11. The summed E-state index contributed by atoms with van der Waals surface area (Å²) < 4.78 is 0. The predicted octanol–water partition coefficient (Wildman–Crippen LogP) is 2.87. The summed E-state index contributed by atoms with van der Waals surface area (Å²) in [5.74, 6) is 1.80. The van der Waals surface area contributed by atoms with E-state index in [1.54, 1.807) is 12.3 Å². The Kier molecular flexibility index (Phi) is 3.79. The van der Waals surface area contributed by atoms with Crippen LogP contribution in [-0.4, -0.2) is 21.5 Å². The topological polar surface area (TPSA) is 77.4 Å². The minimum atomic E-state index is 0.572. The van der Waals surface area contributed by atoms with Crippen LogP contribution in [0.3, 0.4) is 0 Å². The first kappa shape index (κ1) is 13.1. The molecule has 0 aliphatic carbocycles. The number of pyridine rings is 1. The van der Waals surface area contributed by atoms with Crippen molar-refractivity contribution < 1.29 is 0 Å². The van der Waals surface area contributed by atoms with Crippen molar-refractivity contribution in [1.29, 1.82) is 5.26 Å². The largest absolute Gasteiger partial charge is 0.370 e. The van der Waals surface area contributed by atoms with Crippen LogP contribution in [-0.2, 0) is 6.42 Å². The molecule has 3 rings (SSSR count). The maximum absolute atomic E-state index is 8.71. The predicted molar refractivity (Wildman–Crippen MR) is 81.9 cm³/mol. The molecular formula is C16H15N5. The van der Waals surface area contributed by atoms with Crippen LogP contribution in [0.5, 0.6) is 0 Å². The van der Waals surface area contributed by atoms with E-state index < -0.39 is 0 Å². The maximum Gasteiger partial charge on any atom is 0.125 e. The summed E-state index contributed by atoms with van der Waals surface area (Å²) >= 11 is 0. The number of rotatable bonds is 5. The van der Waals surface area contributed by atoms with Gasteiger partial charge in [-0.15, -0.1) is 0 Å². The van der Waals surface area contributed by atoms with Gasteiger partial charge in [-0.25, -0.2) is 9.97 Å². The molecule has 2 heterocycles. The number of hydrogen-bond acceptors (Lipinski definition) is 4. The van der Waals surface area contributed by atoms with Gasteiger partial charge in [-0.2, -0.15) is 5.26 Å². The number of aromatic nitrogens is 3. The van der Waals surface area contributed by atoms with E-state index >= 15 is 0 Å². The van der Waals surface area contributed by atoms with Gasteiger partial charge in [-0.05, 0) is 30.7 Å². The van der Waals surface area contributed by atoms with Crippen LogP contribution in [0.15, 0.2) is 42.6 Å². The molecule has 21 heavy (non-hydrogen) atoms. The number of para-hydroxylation sites is 2. The minimum Gasteiger partial charge on any atom is -0.370 e. The number of anilines is 1. The van der Waals surface area contributed by atoms with Crippen LogP contribution in [0.1, 0.15) is 17.8 Å². The van der Waals surface area contributed by atoms with Crippen LogP contribution in [0.25, 0.3) is 11.0 Å². The molecule has 104 valence electrons. The molecule has 5 nitrogen and oxygen atoms in total. The molecule has 0 aliphatic heterocycles. The number of hydrogen-bond donors (Lipinski definition) is 2. The summed E-state index contributed by atoms with van der Waals surface area (Å²) in [5, 5.41) is 11.9. The molecule has 2 N–H and O–H groups in total. The van der Waals surface area contributed by atoms with Crippen molar-refractivity contribution >= 4 is 16.9 Å². The van der Waals surface area contributed by atoms with Crippen molar-refractivity contribution in [2.75, 3.05) is 11.9 Å². The Morgan fingerprint density at radius 3 is 2.86 bits per heavy atom. The van der Waals surface area contributed by atoms with E-state index in [9.17, 15) is 0 Å². The molecule has 1 aromatic carbocycles. The number of H-pyrrole nitrogens is 1. The number of imidazole rings is 1. The van der Waals surface area contributed by atoms with Crippen LogP contribution >= 0.6 is 0 Å². The summed E-state index contributed by atoms with van der Waals surface area (Å²) in [6.45, 7) is 0.815. The number of nitriles is 1. The molecule has 0 amide bonds. The Morgan fingerprint density at radius 1 is 1.19 bits per heavy atom. The molecule has 0 saturated carbocycles. The lowest BCUT2D eigenvalue weighted by atomic mass is 10.3. The lowest BCUT2D eigenvalue weighted by Gasteiger charge is -2.04. The molecule has 5 heteroatoms. The van der Waals surface area contributed by atoms with Crippen molar-refractivity contribution in [3.63, 3.8) is 0 Å². The fourth-order valence-electron chi connectivity index (χ4n) is 2.16. The second-order valence-electron chi connectivity index (χ2n) is 4.77. The van der Waals surface area contributed by atoms with E-state index in [1.165, 1.54) is 0 Å². The molecule has 0 radical (unpaired) electrons. The average molecular weight is 277 g/mol. The lowest BCUT2D eigenvalue weighted by Crippen LogP contribution is -2.05. The fraction of sp³-hybridized carbons (Fsp3) is 0.188. The molecule has 0 bridgehead atoms. The van der Waals surface area contributed by atoms with Gasteiger partial charge in [0.05, 0.1) is 16.6 Å². The summed E-state index contributed by atoms with van der Waals surface area (Å²) in [7, 11) is 0. The van der Waals surface area contributed by atoms with E-state index in [0.29, 0.717) is 5.56 Å². The number of aromatic amines is 1. The lowest BCUT2D eigenvalue weighted by molar-refractivity contribution is 0.817. The average Bonchev–Trinajstić information content (AvgIpc) is 2.95. The highest BCUT2D eigenvalue weighted by Gasteiger charge is 2.01. The van der Waals surface area contributed by atoms with Crippen LogP contribution < -0.4 is 5.32 Å². The Balaban J connectivity index is 1.50. The van der Waals surface area contributed by atoms with Crippen LogP contribution in [0.4, 0.5) is 5.82 Å². The maximum atomic E-state index is 8.71. The summed E-state index contributed by atoms with van der Waals surface area (Å²) in [6, 6.07) is 13.7. The summed E-state index contributed by atoms with van der Waals surface area (Å²) in [6.07, 6.45) is 3.42. The van der Waals surface area contributed by atoms with E-state index in [4.69, 9.17) is 5.26 Å². The first-order chi connectivity index (χ1) is 10.3. The number of nitrogens with zero attached hydrogens (tertiary/aromatic N) is 3. The first-order valence-corrected chi connectivity index (χ1v) is 6.89. The zero-order valence-corrected chi connectivity index (χ0v) is 11.5. The first-order valence-electron chi connectivity index (χ1n) is 6.89.